The quantitative estimate of drug-likeness (QED) is 0.299. The van der Waals surface area contributed by atoms with Crippen molar-refractivity contribution in [3.8, 4) is 17.1 Å². The van der Waals surface area contributed by atoms with Gasteiger partial charge in [-0.25, -0.2) is 9.97 Å². The van der Waals surface area contributed by atoms with Crippen molar-refractivity contribution in [3.63, 3.8) is 0 Å². The van der Waals surface area contributed by atoms with Crippen LogP contribution in [0.2, 0.25) is 0 Å². The van der Waals surface area contributed by atoms with Gasteiger partial charge in [-0.3, -0.25) is 4.79 Å². The van der Waals surface area contributed by atoms with Crippen LogP contribution < -0.4 is 4.90 Å². The molecule has 1 amide bonds. The largest absolute Gasteiger partial charge is 0.507 e. The fraction of sp³-hybridized carbons (Fsp3) is 0.364. The van der Waals surface area contributed by atoms with E-state index in [1.54, 1.807) is 19.2 Å². The lowest BCUT2D eigenvalue weighted by atomic mass is 10.1. The van der Waals surface area contributed by atoms with Gasteiger partial charge in [-0.1, -0.05) is 62.4 Å². The molecule has 7 nitrogen and oxygen atoms in total. The van der Waals surface area contributed by atoms with Crippen LogP contribution in [-0.2, 0) is 16.1 Å². The van der Waals surface area contributed by atoms with Crippen molar-refractivity contribution < 1.29 is 14.6 Å². The number of ether oxygens (including phenoxy) is 1. The monoisotopic (exact) mass is 540 g/mol. The second-order valence-corrected chi connectivity index (χ2v) is 10.6. The summed E-state index contributed by atoms with van der Waals surface area (Å²) in [7, 11) is 1.70. The molecule has 3 aromatic carbocycles. The number of nitrogens with zero attached hydrogens (tertiary/aromatic N) is 4. The van der Waals surface area contributed by atoms with Gasteiger partial charge in [0.25, 0.3) is 0 Å². The number of aromatic hydroxyl groups is 1. The number of benzene rings is 3. The van der Waals surface area contributed by atoms with Gasteiger partial charge in [-0.2, -0.15) is 0 Å². The Kier molecular flexibility index (Phi) is 10.1. The molecule has 0 unspecified atom stereocenters. The smallest absolute Gasteiger partial charge is 0.222 e. The highest BCUT2D eigenvalue weighted by Gasteiger charge is 2.24. The van der Waals surface area contributed by atoms with Crippen molar-refractivity contribution >= 4 is 22.6 Å². The molecule has 0 saturated carbocycles. The molecule has 40 heavy (non-hydrogen) atoms. The van der Waals surface area contributed by atoms with E-state index in [4.69, 9.17) is 14.7 Å². The summed E-state index contributed by atoms with van der Waals surface area (Å²) in [5.41, 5.74) is 3.83. The molecule has 1 fully saturated rings. The number of aryl methyl sites for hydroxylation is 1. The number of para-hydroxylation sites is 1. The van der Waals surface area contributed by atoms with Crippen molar-refractivity contribution in [2.24, 2.45) is 5.92 Å². The van der Waals surface area contributed by atoms with Gasteiger partial charge in [0, 0.05) is 45.1 Å². The minimum absolute atomic E-state index is 0.168. The second kappa shape index (κ2) is 13.9. The highest BCUT2D eigenvalue weighted by atomic mass is 16.5. The lowest BCUT2D eigenvalue weighted by Gasteiger charge is -2.36. The van der Waals surface area contributed by atoms with Crippen LogP contribution in [0.25, 0.3) is 22.3 Å². The van der Waals surface area contributed by atoms with E-state index in [1.165, 1.54) is 5.56 Å². The molecule has 0 bridgehead atoms. The van der Waals surface area contributed by atoms with Crippen LogP contribution >= 0.6 is 0 Å². The molecule has 1 aliphatic rings. The van der Waals surface area contributed by atoms with Crippen LogP contribution in [0.3, 0.4) is 0 Å². The highest BCUT2D eigenvalue weighted by Crippen LogP contribution is 2.32. The van der Waals surface area contributed by atoms with E-state index in [-0.39, 0.29) is 11.7 Å². The minimum atomic E-state index is 0.168. The third-order valence-corrected chi connectivity index (χ3v) is 7.00. The fourth-order valence-electron chi connectivity index (χ4n) is 4.73. The van der Waals surface area contributed by atoms with Crippen LogP contribution in [0.15, 0.2) is 72.8 Å². The number of piperazine rings is 1. The zero-order valence-corrected chi connectivity index (χ0v) is 24.0. The van der Waals surface area contributed by atoms with Crippen molar-refractivity contribution in [2.45, 2.75) is 40.2 Å². The lowest BCUT2D eigenvalue weighted by Crippen LogP contribution is -2.49. The third kappa shape index (κ3) is 7.57. The maximum Gasteiger partial charge on any atom is 0.222 e. The van der Waals surface area contributed by atoms with E-state index in [1.807, 2.05) is 54.3 Å². The molecular formula is C33H40N4O3. The summed E-state index contributed by atoms with van der Waals surface area (Å²) >= 11 is 0. The minimum Gasteiger partial charge on any atom is -0.507 e. The van der Waals surface area contributed by atoms with E-state index in [2.05, 4.69) is 36.9 Å². The molecule has 5 rings (SSSR count). The van der Waals surface area contributed by atoms with Gasteiger partial charge in [0.05, 0.1) is 17.7 Å². The Labute approximate surface area is 237 Å². The van der Waals surface area contributed by atoms with E-state index in [9.17, 15) is 9.90 Å². The molecule has 1 N–H and O–H groups in total. The van der Waals surface area contributed by atoms with Crippen molar-refractivity contribution in [2.75, 3.05) is 38.2 Å². The Morgan fingerprint density at radius 3 is 2.33 bits per heavy atom. The molecule has 0 atom stereocenters. The van der Waals surface area contributed by atoms with Gasteiger partial charge in [-0.15, -0.1) is 0 Å². The number of anilines is 1. The first kappa shape index (κ1) is 29.0. The van der Waals surface area contributed by atoms with Crippen LogP contribution in [-0.4, -0.2) is 59.2 Å². The fourth-order valence-corrected chi connectivity index (χ4v) is 4.73. The average Bonchev–Trinajstić information content (AvgIpc) is 2.96. The SMILES string of the molecule is COCc1ccccc1.Cc1ccc2c(N3CCN(C(=O)CCC(C)C)CC3)nc(-c3ccccc3O)nc2c1. The third-order valence-electron chi connectivity index (χ3n) is 7.00. The van der Waals surface area contributed by atoms with Crippen molar-refractivity contribution in [1.29, 1.82) is 0 Å². The van der Waals surface area contributed by atoms with Gasteiger partial charge < -0.3 is 19.6 Å². The Morgan fingerprint density at radius 2 is 1.65 bits per heavy atom. The lowest BCUT2D eigenvalue weighted by molar-refractivity contribution is -0.131. The maximum absolute atomic E-state index is 12.5. The molecule has 4 aromatic rings. The number of rotatable bonds is 7. The Bertz CT molecular complexity index is 1400. The summed E-state index contributed by atoms with van der Waals surface area (Å²) < 4.78 is 4.93. The molecule has 7 heteroatoms. The van der Waals surface area contributed by atoms with E-state index < -0.39 is 0 Å². The number of methoxy groups -OCH3 is 1. The van der Waals surface area contributed by atoms with Gasteiger partial charge >= 0.3 is 0 Å². The number of aromatic nitrogens is 2. The molecule has 0 aliphatic carbocycles. The molecular weight excluding hydrogens is 500 g/mol. The zero-order chi connectivity index (χ0) is 28.5. The first-order valence-electron chi connectivity index (χ1n) is 14.0. The second-order valence-electron chi connectivity index (χ2n) is 10.6. The molecule has 1 saturated heterocycles. The number of fused-ring (bicyclic) bond motifs is 1. The number of carbonyl (C=O) groups is 1. The number of phenolic OH excluding ortho intramolecular Hbond substituents is 1. The summed E-state index contributed by atoms with van der Waals surface area (Å²) in [6.45, 7) is 9.90. The summed E-state index contributed by atoms with van der Waals surface area (Å²) in [4.78, 5) is 26.3. The van der Waals surface area contributed by atoms with Crippen LogP contribution in [0.5, 0.6) is 5.75 Å². The summed E-state index contributed by atoms with van der Waals surface area (Å²) in [6, 6.07) is 23.4. The van der Waals surface area contributed by atoms with Crippen molar-refractivity contribution in [3.05, 3.63) is 83.9 Å². The summed E-state index contributed by atoms with van der Waals surface area (Å²) in [6.07, 6.45) is 1.55. The van der Waals surface area contributed by atoms with Crippen LogP contribution in [0.4, 0.5) is 5.82 Å². The number of phenols is 1. The Morgan fingerprint density at radius 1 is 0.950 bits per heavy atom. The number of hydrogen-bond donors (Lipinski definition) is 1. The average molecular weight is 541 g/mol. The zero-order valence-electron chi connectivity index (χ0n) is 24.0. The van der Waals surface area contributed by atoms with Crippen LogP contribution in [0, 0.1) is 12.8 Å². The number of carbonyl (C=O) groups excluding carboxylic acids is 1. The molecule has 0 radical (unpaired) electrons. The Balaban J connectivity index is 0.000000350. The van der Waals surface area contributed by atoms with Gasteiger partial charge in [0.2, 0.25) is 5.91 Å². The first-order chi connectivity index (χ1) is 19.4. The van der Waals surface area contributed by atoms with Gasteiger partial charge in [-0.05, 0) is 54.7 Å². The molecule has 1 aliphatic heterocycles. The Hall–Kier alpha value is -3.97. The number of hydrogen-bond acceptors (Lipinski definition) is 6. The molecule has 2 heterocycles. The van der Waals surface area contributed by atoms with E-state index >= 15 is 0 Å². The van der Waals surface area contributed by atoms with E-state index in [0.29, 0.717) is 43.4 Å². The highest BCUT2D eigenvalue weighted by molar-refractivity contribution is 5.92. The van der Waals surface area contributed by atoms with Crippen molar-refractivity contribution in [1.82, 2.24) is 14.9 Å². The van der Waals surface area contributed by atoms with Gasteiger partial charge in [0.1, 0.15) is 11.6 Å². The summed E-state index contributed by atoms with van der Waals surface area (Å²) in [5, 5.41) is 11.3. The standard InChI is InChI=1S/C25H30N4O2.C8H10O/c1-17(2)8-11-23(31)28-12-14-29(15-13-28)25-19-10-9-18(3)16-21(19)26-24(27-25)20-6-4-5-7-22(20)30;1-9-7-8-5-3-2-4-6-8/h4-7,9-10,16-17,30H,8,11-15H2,1-3H3;2-6H,7H2,1H3. The van der Waals surface area contributed by atoms with Gasteiger partial charge in [0.15, 0.2) is 5.82 Å². The maximum atomic E-state index is 12.5. The first-order valence-corrected chi connectivity index (χ1v) is 14.0. The normalized spacial score (nSPS) is 13.3. The molecule has 210 valence electrons. The van der Waals surface area contributed by atoms with E-state index in [0.717, 1.165) is 41.8 Å². The predicted octanol–water partition coefficient (Wildman–Crippen LogP) is 6.23. The topological polar surface area (TPSA) is 78.8 Å². The molecule has 1 aromatic heterocycles. The number of amides is 1. The van der Waals surface area contributed by atoms with Crippen LogP contribution in [0.1, 0.15) is 37.8 Å². The molecule has 0 spiro atoms. The summed E-state index contributed by atoms with van der Waals surface area (Å²) in [5.74, 6) is 2.32. The predicted molar refractivity (Wildman–Crippen MR) is 161 cm³/mol.